The molecule has 0 fully saturated rings. The van der Waals surface area contributed by atoms with Gasteiger partial charge in [-0.3, -0.25) is 0 Å². The molecule has 0 aromatic carbocycles. The molecule has 2 amide bonds. The molecule has 1 N–H and O–H groups in total. The molecule has 0 aliphatic carbocycles. The summed E-state index contributed by atoms with van der Waals surface area (Å²) in [6.07, 6.45) is 0. The zero-order chi connectivity index (χ0) is 12.8. The molecule has 0 unspecified atom stereocenters. The van der Waals surface area contributed by atoms with Crippen molar-refractivity contribution in [3.05, 3.63) is 16.1 Å². The first kappa shape index (κ1) is 13.5. The Hall–Kier alpha value is -1.61. The second-order valence-electron chi connectivity index (χ2n) is 3.93. The predicted octanol–water partition coefficient (Wildman–Crippen LogP) is 1.75. The van der Waals surface area contributed by atoms with Crippen LogP contribution in [0.5, 0.6) is 0 Å². The zero-order valence-corrected chi connectivity index (χ0v) is 11.0. The van der Waals surface area contributed by atoms with Crippen LogP contribution in [0.2, 0.25) is 0 Å². The minimum atomic E-state index is -0.183. The number of hydrogen-bond donors (Lipinski definition) is 1. The van der Waals surface area contributed by atoms with Gasteiger partial charge in [-0.1, -0.05) is 0 Å². The maximum Gasteiger partial charge on any atom is 0.317 e. The molecule has 0 bridgehead atoms. The minimum absolute atomic E-state index is 0.160. The van der Waals surface area contributed by atoms with Crippen LogP contribution in [-0.2, 0) is 6.54 Å². The summed E-state index contributed by atoms with van der Waals surface area (Å²) in [7, 11) is 1.68. The standard InChI is InChI=1S/C11H16N4OS/c1-8(4-12)6-15(3)11(16)13-5-10-7-17-9(2)14-10/h7-8H,5-6H2,1-3H3,(H,13,16)/t8-/m1/s1. The molecule has 1 aromatic rings. The fraction of sp³-hybridized carbons (Fsp3) is 0.545. The predicted molar refractivity (Wildman–Crippen MR) is 66.5 cm³/mol. The number of aryl methyl sites for hydroxylation is 1. The molecule has 1 aromatic heterocycles. The number of carbonyl (C=O) groups is 1. The summed E-state index contributed by atoms with van der Waals surface area (Å²) in [6.45, 7) is 4.57. The molecule has 0 radical (unpaired) electrons. The van der Waals surface area contributed by atoms with Crippen molar-refractivity contribution in [1.29, 1.82) is 5.26 Å². The monoisotopic (exact) mass is 252 g/mol. The number of nitriles is 1. The van der Waals surface area contributed by atoms with E-state index in [4.69, 9.17) is 5.26 Å². The van der Waals surface area contributed by atoms with E-state index < -0.39 is 0 Å². The Bertz CT molecular complexity index is 423. The highest BCUT2D eigenvalue weighted by Gasteiger charge is 2.11. The van der Waals surface area contributed by atoms with Gasteiger partial charge in [0.25, 0.3) is 0 Å². The van der Waals surface area contributed by atoms with E-state index in [9.17, 15) is 4.79 Å². The van der Waals surface area contributed by atoms with Crippen LogP contribution < -0.4 is 5.32 Å². The quantitative estimate of drug-likeness (QED) is 0.887. The van der Waals surface area contributed by atoms with Crippen LogP contribution in [0.3, 0.4) is 0 Å². The van der Waals surface area contributed by atoms with Crippen LogP contribution in [-0.4, -0.2) is 29.5 Å². The number of nitrogens with zero attached hydrogens (tertiary/aromatic N) is 3. The van der Waals surface area contributed by atoms with Gasteiger partial charge in [0.1, 0.15) is 0 Å². The number of aromatic nitrogens is 1. The average Bonchev–Trinajstić information content (AvgIpc) is 2.71. The third-order valence-electron chi connectivity index (χ3n) is 2.20. The molecule has 0 saturated heterocycles. The van der Waals surface area contributed by atoms with E-state index in [-0.39, 0.29) is 11.9 Å². The first-order chi connectivity index (χ1) is 8.02. The topological polar surface area (TPSA) is 69.0 Å². The molecule has 6 heteroatoms. The van der Waals surface area contributed by atoms with Crippen LogP contribution in [0.1, 0.15) is 17.6 Å². The summed E-state index contributed by atoms with van der Waals surface area (Å²) in [5.41, 5.74) is 0.864. The smallest absolute Gasteiger partial charge is 0.317 e. The van der Waals surface area contributed by atoms with Gasteiger partial charge in [0, 0.05) is 19.0 Å². The Morgan fingerprint density at radius 1 is 1.76 bits per heavy atom. The second kappa shape index (κ2) is 6.21. The first-order valence-corrected chi connectivity index (χ1v) is 6.20. The summed E-state index contributed by atoms with van der Waals surface area (Å²) >= 11 is 1.56. The van der Waals surface area contributed by atoms with Crippen LogP contribution >= 0.6 is 11.3 Å². The van der Waals surface area contributed by atoms with E-state index in [2.05, 4.69) is 16.4 Å². The van der Waals surface area contributed by atoms with Gasteiger partial charge in [-0.15, -0.1) is 11.3 Å². The fourth-order valence-electron chi connectivity index (χ4n) is 1.33. The van der Waals surface area contributed by atoms with Gasteiger partial charge in [0.15, 0.2) is 0 Å². The lowest BCUT2D eigenvalue weighted by molar-refractivity contribution is 0.205. The Kier molecular flexibility index (Phi) is 4.91. The van der Waals surface area contributed by atoms with Gasteiger partial charge in [0.05, 0.1) is 29.2 Å². The lowest BCUT2D eigenvalue weighted by Gasteiger charge is -2.18. The van der Waals surface area contributed by atoms with Crippen LogP contribution in [0.4, 0.5) is 4.79 Å². The van der Waals surface area contributed by atoms with Crippen molar-refractivity contribution in [2.45, 2.75) is 20.4 Å². The van der Waals surface area contributed by atoms with E-state index in [1.165, 1.54) is 4.90 Å². The number of nitrogens with one attached hydrogen (secondary N) is 1. The number of urea groups is 1. The Labute approximate surface area is 105 Å². The molecular formula is C11H16N4OS. The molecular weight excluding hydrogens is 236 g/mol. The SMILES string of the molecule is Cc1nc(CNC(=O)N(C)C[C@H](C)C#N)cs1. The molecule has 1 atom stereocenters. The number of hydrogen-bond acceptors (Lipinski definition) is 4. The molecule has 1 heterocycles. The van der Waals surface area contributed by atoms with Crippen LogP contribution in [0.15, 0.2) is 5.38 Å². The van der Waals surface area contributed by atoms with E-state index in [0.717, 1.165) is 10.7 Å². The average molecular weight is 252 g/mol. The highest BCUT2D eigenvalue weighted by atomic mass is 32.1. The van der Waals surface area contributed by atoms with E-state index in [0.29, 0.717) is 13.1 Å². The van der Waals surface area contributed by atoms with Gasteiger partial charge >= 0.3 is 6.03 Å². The maximum atomic E-state index is 11.7. The molecule has 0 saturated carbocycles. The molecule has 0 aliphatic rings. The third kappa shape index (κ3) is 4.41. The van der Waals surface area contributed by atoms with Crippen molar-refractivity contribution in [1.82, 2.24) is 15.2 Å². The van der Waals surface area contributed by atoms with Gasteiger partial charge < -0.3 is 10.2 Å². The Balaban J connectivity index is 2.37. The van der Waals surface area contributed by atoms with E-state index >= 15 is 0 Å². The molecule has 0 spiro atoms. The van der Waals surface area contributed by atoms with Gasteiger partial charge in [0.2, 0.25) is 0 Å². The summed E-state index contributed by atoms with van der Waals surface area (Å²) in [4.78, 5) is 17.4. The molecule has 0 aliphatic heterocycles. The number of rotatable bonds is 4. The van der Waals surface area contributed by atoms with Gasteiger partial charge in [-0.25, -0.2) is 9.78 Å². The van der Waals surface area contributed by atoms with Crippen molar-refractivity contribution < 1.29 is 4.79 Å². The maximum absolute atomic E-state index is 11.7. The van der Waals surface area contributed by atoms with Crippen molar-refractivity contribution in [3.63, 3.8) is 0 Å². The highest BCUT2D eigenvalue weighted by Crippen LogP contribution is 2.07. The first-order valence-electron chi connectivity index (χ1n) is 5.32. The minimum Gasteiger partial charge on any atom is -0.332 e. The highest BCUT2D eigenvalue weighted by molar-refractivity contribution is 7.09. The third-order valence-corrected chi connectivity index (χ3v) is 3.02. The van der Waals surface area contributed by atoms with Crippen LogP contribution in [0.25, 0.3) is 0 Å². The van der Waals surface area contributed by atoms with Crippen molar-refractivity contribution in [2.24, 2.45) is 5.92 Å². The largest absolute Gasteiger partial charge is 0.332 e. The van der Waals surface area contributed by atoms with Gasteiger partial charge in [-0.05, 0) is 13.8 Å². The van der Waals surface area contributed by atoms with Gasteiger partial charge in [-0.2, -0.15) is 5.26 Å². The number of carbonyl (C=O) groups excluding carboxylic acids is 1. The Morgan fingerprint density at radius 2 is 2.47 bits per heavy atom. The van der Waals surface area contributed by atoms with Crippen molar-refractivity contribution >= 4 is 17.4 Å². The lowest BCUT2D eigenvalue weighted by atomic mass is 10.2. The number of amides is 2. The van der Waals surface area contributed by atoms with Crippen molar-refractivity contribution in [2.75, 3.05) is 13.6 Å². The number of thiazole rings is 1. The Morgan fingerprint density at radius 3 is 3.00 bits per heavy atom. The fourth-order valence-corrected chi connectivity index (χ4v) is 1.94. The summed E-state index contributed by atoms with van der Waals surface area (Å²) in [5, 5.41) is 14.3. The zero-order valence-electron chi connectivity index (χ0n) is 10.2. The second-order valence-corrected chi connectivity index (χ2v) is 4.99. The molecule has 17 heavy (non-hydrogen) atoms. The molecule has 5 nitrogen and oxygen atoms in total. The summed E-state index contributed by atoms with van der Waals surface area (Å²) in [6, 6.07) is 1.91. The molecule has 1 rings (SSSR count). The molecule has 92 valence electrons. The van der Waals surface area contributed by atoms with Crippen molar-refractivity contribution in [3.8, 4) is 6.07 Å². The summed E-state index contributed by atoms with van der Waals surface area (Å²) < 4.78 is 0. The van der Waals surface area contributed by atoms with E-state index in [1.54, 1.807) is 25.3 Å². The lowest BCUT2D eigenvalue weighted by Crippen LogP contribution is -2.39. The normalized spacial score (nSPS) is 11.6. The summed E-state index contributed by atoms with van der Waals surface area (Å²) in [5.74, 6) is -0.160. The van der Waals surface area contributed by atoms with E-state index in [1.807, 2.05) is 12.3 Å². The van der Waals surface area contributed by atoms with Crippen LogP contribution in [0, 0.1) is 24.2 Å².